The van der Waals surface area contributed by atoms with Gasteiger partial charge in [0.15, 0.2) is 0 Å². The Hall–Kier alpha value is -1.94. The second-order valence-electron chi connectivity index (χ2n) is 4.43. The molecule has 2 aromatic heterocycles. The van der Waals surface area contributed by atoms with E-state index in [9.17, 15) is 4.39 Å². The lowest BCUT2D eigenvalue weighted by atomic mass is 10.1. The highest BCUT2D eigenvalue weighted by Gasteiger charge is 2.08. The Kier molecular flexibility index (Phi) is 3.17. The Bertz CT molecular complexity index is 686. The Morgan fingerprint density at radius 1 is 1.32 bits per heavy atom. The summed E-state index contributed by atoms with van der Waals surface area (Å²) >= 11 is 1.67. The van der Waals surface area contributed by atoms with Crippen molar-refractivity contribution in [3.8, 4) is 10.7 Å². The fraction of sp³-hybridized carbons (Fsp3) is 0.133. The average Bonchev–Trinajstić information content (AvgIpc) is 3.03. The van der Waals surface area contributed by atoms with Crippen molar-refractivity contribution in [1.29, 1.82) is 0 Å². The van der Waals surface area contributed by atoms with Crippen LogP contribution in [-0.2, 0) is 6.54 Å². The molecule has 0 saturated heterocycles. The monoisotopic (exact) mass is 272 g/mol. The third-order valence-electron chi connectivity index (χ3n) is 3.10. The van der Waals surface area contributed by atoms with Gasteiger partial charge in [-0.15, -0.1) is 11.3 Å². The van der Waals surface area contributed by atoms with Crippen LogP contribution in [0.5, 0.6) is 0 Å². The topological polar surface area (TPSA) is 17.8 Å². The molecular formula is C15H13FN2S. The van der Waals surface area contributed by atoms with Crippen molar-refractivity contribution in [2.24, 2.45) is 0 Å². The quantitative estimate of drug-likeness (QED) is 0.701. The number of aromatic nitrogens is 2. The predicted molar refractivity (Wildman–Crippen MR) is 75.8 cm³/mol. The van der Waals surface area contributed by atoms with Crippen LogP contribution in [0, 0.1) is 12.7 Å². The second-order valence-corrected chi connectivity index (χ2v) is 5.37. The molecule has 0 atom stereocenters. The standard InChI is InChI=1S/C15H13FN2S/c1-11-9-13(16)5-4-12(11)10-18-7-6-17-15(18)14-3-2-8-19-14/h2-9H,10H2,1H3. The molecule has 2 nitrogen and oxygen atoms in total. The molecule has 0 aliphatic carbocycles. The fourth-order valence-electron chi connectivity index (χ4n) is 2.09. The smallest absolute Gasteiger partial charge is 0.150 e. The van der Waals surface area contributed by atoms with Crippen molar-refractivity contribution in [2.75, 3.05) is 0 Å². The van der Waals surface area contributed by atoms with E-state index in [0.29, 0.717) is 6.54 Å². The molecule has 1 aromatic carbocycles. The highest BCUT2D eigenvalue weighted by molar-refractivity contribution is 7.13. The molecule has 0 aliphatic rings. The summed E-state index contributed by atoms with van der Waals surface area (Å²) in [6, 6.07) is 8.98. The van der Waals surface area contributed by atoms with Gasteiger partial charge in [0.2, 0.25) is 0 Å². The zero-order valence-corrected chi connectivity index (χ0v) is 11.3. The second kappa shape index (κ2) is 4.97. The van der Waals surface area contributed by atoms with Crippen LogP contribution in [0.2, 0.25) is 0 Å². The maximum absolute atomic E-state index is 13.1. The molecule has 0 N–H and O–H groups in total. The third kappa shape index (κ3) is 2.44. The summed E-state index contributed by atoms with van der Waals surface area (Å²) in [6.45, 7) is 2.64. The Morgan fingerprint density at radius 3 is 2.95 bits per heavy atom. The molecule has 0 fully saturated rings. The molecule has 96 valence electrons. The van der Waals surface area contributed by atoms with E-state index in [2.05, 4.69) is 15.6 Å². The average molecular weight is 272 g/mol. The summed E-state index contributed by atoms with van der Waals surface area (Å²) in [5, 5.41) is 2.04. The van der Waals surface area contributed by atoms with Crippen LogP contribution in [-0.4, -0.2) is 9.55 Å². The number of benzene rings is 1. The zero-order valence-electron chi connectivity index (χ0n) is 10.5. The summed E-state index contributed by atoms with van der Waals surface area (Å²) in [4.78, 5) is 5.54. The van der Waals surface area contributed by atoms with E-state index in [1.807, 2.05) is 30.6 Å². The van der Waals surface area contributed by atoms with Crippen molar-refractivity contribution >= 4 is 11.3 Å². The Labute approximate surface area is 115 Å². The zero-order chi connectivity index (χ0) is 13.2. The van der Waals surface area contributed by atoms with Crippen LogP contribution in [0.15, 0.2) is 48.1 Å². The van der Waals surface area contributed by atoms with Gasteiger partial charge in [0.25, 0.3) is 0 Å². The van der Waals surface area contributed by atoms with Gasteiger partial charge < -0.3 is 4.57 Å². The summed E-state index contributed by atoms with van der Waals surface area (Å²) in [5.41, 5.74) is 2.07. The molecule has 0 unspecified atom stereocenters. The molecule has 0 spiro atoms. The normalized spacial score (nSPS) is 10.8. The van der Waals surface area contributed by atoms with Gasteiger partial charge in [0, 0.05) is 18.9 Å². The lowest BCUT2D eigenvalue weighted by Crippen LogP contribution is -2.02. The number of hydrogen-bond donors (Lipinski definition) is 0. The third-order valence-corrected chi connectivity index (χ3v) is 3.97. The van der Waals surface area contributed by atoms with E-state index >= 15 is 0 Å². The molecule has 0 bridgehead atoms. The van der Waals surface area contributed by atoms with Crippen molar-refractivity contribution in [1.82, 2.24) is 9.55 Å². The molecule has 0 amide bonds. The molecule has 0 radical (unpaired) electrons. The first kappa shape index (κ1) is 12.1. The van der Waals surface area contributed by atoms with Gasteiger partial charge in [0.1, 0.15) is 11.6 Å². The molecule has 4 heteroatoms. The molecule has 0 saturated carbocycles. The first-order valence-corrected chi connectivity index (χ1v) is 6.92. The van der Waals surface area contributed by atoms with Crippen LogP contribution >= 0.6 is 11.3 Å². The minimum Gasteiger partial charge on any atom is -0.326 e. The lowest BCUT2D eigenvalue weighted by Gasteiger charge is -2.09. The fourth-order valence-corrected chi connectivity index (χ4v) is 2.82. The summed E-state index contributed by atoms with van der Waals surface area (Å²) in [7, 11) is 0. The highest BCUT2D eigenvalue weighted by Crippen LogP contribution is 2.24. The van der Waals surface area contributed by atoms with E-state index in [1.165, 1.54) is 6.07 Å². The van der Waals surface area contributed by atoms with Crippen LogP contribution in [0.3, 0.4) is 0 Å². The summed E-state index contributed by atoms with van der Waals surface area (Å²) in [5.74, 6) is 0.768. The van der Waals surface area contributed by atoms with Crippen molar-refractivity contribution in [2.45, 2.75) is 13.5 Å². The first-order valence-electron chi connectivity index (χ1n) is 6.04. The number of thiophene rings is 1. The van der Waals surface area contributed by atoms with Crippen molar-refractivity contribution in [3.05, 3.63) is 65.0 Å². The number of imidazole rings is 1. The lowest BCUT2D eigenvalue weighted by molar-refractivity contribution is 0.624. The molecule has 3 aromatic rings. The van der Waals surface area contributed by atoms with E-state index < -0.39 is 0 Å². The number of halogens is 1. The minimum atomic E-state index is -0.189. The molecule has 3 rings (SSSR count). The Balaban J connectivity index is 1.94. The van der Waals surface area contributed by atoms with Gasteiger partial charge in [-0.3, -0.25) is 0 Å². The largest absolute Gasteiger partial charge is 0.326 e. The minimum absolute atomic E-state index is 0.189. The van der Waals surface area contributed by atoms with Gasteiger partial charge in [-0.2, -0.15) is 0 Å². The first-order chi connectivity index (χ1) is 9.24. The molecule has 0 aliphatic heterocycles. The van der Waals surface area contributed by atoms with E-state index in [0.717, 1.165) is 21.8 Å². The van der Waals surface area contributed by atoms with Gasteiger partial charge in [-0.05, 0) is 41.6 Å². The molecular weight excluding hydrogens is 259 g/mol. The van der Waals surface area contributed by atoms with Gasteiger partial charge in [-0.25, -0.2) is 9.37 Å². The van der Waals surface area contributed by atoms with Crippen molar-refractivity contribution < 1.29 is 4.39 Å². The van der Waals surface area contributed by atoms with Gasteiger partial charge in [0.05, 0.1) is 4.88 Å². The number of rotatable bonds is 3. The molecule has 19 heavy (non-hydrogen) atoms. The van der Waals surface area contributed by atoms with Gasteiger partial charge in [-0.1, -0.05) is 12.1 Å². The van der Waals surface area contributed by atoms with Crippen LogP contribution < -0.4 is 0 Å². The SMILES string of the molecule is Cc1cc(F)ccc1Cn1ccnc1-c1cccs1. The summed E-state index contributed by atoms with van der Waals surface area (Å²) in [6.07, 6.45) is 3.76. The Morgan fingerprint density at radius 2 is 2.21 bits per heavy atom. The highest BCUT2D eigenvalue weighted by atomic mass is 32.1. The number of hydrogen-bond acceptors (Lipinski definition) is 2. The summed E-state index contributed by atoms with van der Waals surface area (Å²) < 4.78 is 15.2. The van der Waals surface area contributed by atoms with Crippen LogP contribution in [0.4, 0.5) is 4.39 Å². The van der Waals surface area contributed by atoms with Gasteiger partial charge >= 0.3 is 0 Å². The van der Waals surface area contributed by atoms with E-state index in [1.54, 1.807) is 23.6 Å². The number of nitrogens with zero attached hydrogens (tertiary/aromatic N) is 2. The predicted octanol–water partition coefficient (Wildman–Crippen LogP) is 4.11. The van der Waals surface area contributed by atoms with Crippen LogP contribution in [0.1, 0.15) is 11.1 Å². The van der Waals surface area contributed by atoms with E-state index in [4.69, 9.17) is 0 Å². The number of aryl methyl sites for hydroxylation is 1. The van der Waals surface area contributed by atoms with Crippen LogP contribution in [0.25, 0.3) is 10.7 Å². The maximum atomic E-state index is 13.1. The molecule has 2 heterocycles. The van der Waals surface area contributed by atoms with Crippen molar-refractivity contribution in [3.63, 3.8) is 0 Å². The van der Waals surface area contributed by atoms with E-state index in [-0.39, 0.29) is 5.82 Å². The maximum Gasteiger partial charge on any atom is 0.150 e.